The first-order valence-corrected chi connectivity index (χ1v) is 5.05. The predicted octanol–water partition coefficient (Wildman–Crippen LogP) is 2.19. The van der Waals surface area contributed by atoms with Gasteiger partial charge in [0.15, 0.2) is 5.82 Å². The molecule has 0 atom stereocenters. The van der Waals surface area contributed by atoms with Gasteiger partial charge < -0.3 is 11.5 Å². The van der Waals surface area contributed by atoms with Crippen LogP contribution in [0.15, 0.2) is 29.4 Å². The Kier molecular flexibility index (Phi) is 4.05. The molecule has 4 heteroatoms. The van der Waals surface area contributed by atoms with Crippen molar-refractivity contribution in [1.82, 2.24) is 0 Å². The minimum absolute atomic E-state index is 0.106. The van der Waals surface area contributed by atoms with Crippen molar-refractivity contribution in [3.05, 3.63) is 35.8 Å². The van der Waals surface area contributed by atoms with Crippen LogP contribution >= 0.6 is 0 Å². The lowest BCUT2D eigenvalue weighted by Crippen LogP contribution is -2.00. The molecule has 1 rings (SSSR count). The molecule has 3 nitrogen and oxygen atoms in total. The maximum Gasteiger partial charge on any atom is 0.153 e. The average molecular weight is 221 g/mol. The fourth-order valence-corrected chi connectivity index (χ4v) is 1.20. The van der Waals surface area contributed by atoms with Crippen LogP contribution in [0.1, 0.15) is 19.4 Å². The first kappa shape index (κ1) is 12.2. The van der Waals surface area contributed by atoms with Crippen molar-refractivity contribution in [2.24, 2.45) is 10.7 Å². The molecule has 0 radical (unpaired) electrons. The molecule has 0 saturated carbocycles. The van der Waals surface area contributed by atoms with Gasteiger partial charge in [-0.05, 0) is 19.9 Å². The average Bonchev–Trinajstić information content (AvgIpc) is 2.24. The van der Waals surface area contributed by atoms with Gasteiger partial charge in [0.25, 0.3) is 0 Å². The predicted molar refractivity (Wildman–Crippen MR) is 66.6 cm³/mol. The van der Waals surface area contributed by atoms with Crippen LogP contribution in [-0.2, 0) is 0 Å². The number of nitrogens with two attached hydrogens (primary N) is 2. The Morgan fingerprint density at radius 1 is 1.44 bits per heavy atom. The van der Waals surface area contributed by atoms with Gasteiger partial charge in [-0.15, -0.1) is 0 Å². The van der Waals surface area contributed by atoms with Gasteiger partial charge in [-0.1, -0.05) is 12.1 Å². The van der Waals surface area contributed by atoms with Crippen molar-refractivity contribution in [2.45, 2.75) is 19.9 Å². The molecule has 0 spiro atoms. The molecule has 0 saturated heterocycles. The highest BCUT2D eigenvalue weighted by molar-refractivity contribution is 6.10. The summed E-state index contributed by atoms with van der Waals surface area (Å²) in [5.74, 6) is -0.464. The Labute approximate surface area is 94.7 Å². The number of anilines is 1. The molecule has 0 heterocycles. The van der Waals surface area contributed by atoms with E-state index in [0.29, 0.717) is 11.1 Å². The zero-order valence-corrected chi connectivity index (χ0v) is 9.44. The minimum Gasteiger partial charge on any atom is -0.404 e. The van der Waals surface area contributed by atoms with E-state index in [1.54, 1.807) is 18.3 Å². The van der Waals surface area contributed by atoms with Gasteiger partial charge in [-0.25, -0.2) is 4.39 Å². The second-order valence-electron chi connectivity index (χ2n) is 3.70. The minimum atomic E-state index is -0.464. The lowest BCUT2D eigenvalue weighted by atomic mass is 10.1. The van der Waals surface area contributed by atoms with E-state index < -0.39 is 5.82 Å². The van der Waals surface area contributed by atoms with Crippen LogP contribution in [0.5, 0.6) is 0 Å². The number of rotatable bonds is 3. The Balaban J connectivity index is 3.11. The van der Waals surface area contributed by atoms with Gasteiger partial charge in [0.05, 0.1) is 5.69 Å². The first-order valence-electron chi connectivity index (χ1n) is 5.05. The molecule has 0 aliphatic rings. The molecular weight excluding hydrogens is 205 g/mol. The fraction of sp³-hybridized carbons (Fsp3) is 0.250. The first-order chi connectivity index (χ1) is 7.56. The third-order valence-corrected chi connectivity index (χ3v) is 2.03. The summed E-state index contributed by atoms with van der Waals surface area (Å²) in [6.45, 7) is 3.86. The number of nitrogens with zero attached hydrogens (tertiary/aromatic N) is 1. The zero-order chi connectivity index (χ0) is 12.1. The molecule has 16 heavy (non-hydrogen) atoms. The monoisotopic (exact) mass is 221 g/mol. The summed E-state index contributed by atoms with van der Waals surface area (Å²) in [6, 6.07) is 4.95. The molecule has 0 aliphatic heterocycles. The standard InChI is InChI=1S/C12H16FN3/c1-8(2)16-7-9(6-14)10-4-3-5-11(15)12(10)13/h3-8H,14-15H2,1-2H3/b9-6+,16-7?. The van der Waals surface area contributed by atoms with Crippen molar-refractivity contribution in [3.63, 3.8) is 0 Å². The summed E-state index contributed by atoms with van der Waals surface area (Å²) in [4.78, 5) is 4.16. The van der Waals surface area contributed by atoms with Crippen molar-refractivity contribution in [3.8, 4) is 0 Å². The molecule has 0 bridgehead atoms. The molecule has 0 amide bonds. The second kappa shape index (κ2) is 5.30. The lowest BCUT2D eigenvalue weighted by molar-refractivity contribution is 0.629. The number of hydrogen-bond donors (Lipinski definition) is 2. The molecule has 0 fully saturated rings. The molecule has 0 aliphatic carbocycles. The van der Waals surface area contributed by atoms with Crippen molar-refractivity contribution in [2.75, 3.05) is 5.73 Å². The highest BCUT2D eigenvalue weighted by Gasteiger charge is 2.08. The quantitative estimate of drug-likeness (QED) is 0.607. The maximum atomic E-state index is 13.7. The summed E-state index contributed by atoms with van der Waals surface area (Å²) in [5.41, 5.74) is 11.9. The second-order valence-corrected chi connectivity index (χ2v) is 3.70. The van der Waals surface area contributed by atoms with E-state index in [9.17, 15) is 4.39 Å². The van der Waals surface area contributed by atoms with Crippen molar-refractivity contribution < 1.29 is 4.39 Å². The zero-order valence-electron chi connectivity index (χ0n) is 9.44. The van der Waals surface area contributed by atoms with Crippen LogP contribution in [0, 0.1) is 5.82 Å². The normalized spacial score (nSPS) is 12.6. The molecule has 1 aromatic rings. The van der Waals surface area contributed by atoms with Crippen LogP contribution in [0.4, 0.5) is 10.1 Å². The van der Waals surface area contributed by atoms with Crippen LogP contribution in [0.2, 0.25) is 0 Å². The summed E-state index contributed by atoms with van der Waals surface area (Å²) in [7, 11) is 0. The number of aliphatic imine (C=N–C) groups is 1. The fourth-order valence-electron chi connectivity index (χ4n) is 1.20. The largest absolute Gasteiger partial charge is 0.404 e. The SMILES string of the molecule is CC(C)N=C/C(=C\N)c1cccc(N)c1F. The third-order valence-electron chi connectivity index (χ3n) is 2.03. The molecular formula is C12H16FN3. The van der Waals surface area contributed by atoms with Crippen LogP contribution < -0.4 is 11.5 Å². The van der Waals surface area contributed by atoms with Gasteiger partial charge in [0.2, 0.25) is 0 Å². The Morgan fingerprint density at radius 2 is 2.12 bits per heavy atom. The summed E-state index contributed by atoms with van der Waals surface area (Å²) >= 11 is 0. The van der Waals surface area contributed by atoms with E-state index in [1.807, 2.05) is 13.8 Å². The highest BCUT2D eigenvalue weighted by Crippen LogP contribution is 2.20. The van der Waals surface area contributed by atoms with E-state index >= 15 is 0 Å². The molecule has 86 valence electrons. The van der Waals surface area contributed by atoms with Gasteiger partial charge in [-0.2, -0.15) is 0 Å². The van der Waals surface area contributed by atoms with Crippen LogP contribution in [0.3, 0.4) is 0 Å². The van der Waals surface area contributed by atoms with Gasteiger partial charge in [0, 0.05) is 29.6 Å². The number of benzene rings is 1. The van der Waals surface area contributed by atoms with Crippen molar-refractivity contribution in [1.29, 1.82) is 0 Å². The van der Waals surface area contributed by atoms with E-state index in [0.717, 1.165) is 0 Å². The summed E-state index contributed by atoms with van der Waals surface area (Å²) < 4.78 is 13.7. The Morgan fingerprint density at radius 3 is 2.69 bits per heavy atom. The Hall–Kier alpha value is -1.84. The van der Waals surface area contributed by atoms with Gasteiger partial charge >= 0.3 is 0 Å². The van der Waals surface area contributed by atoms with Crippen LogP contribution in [0.25, 0.3) is 5.57 Å². The maximum absolute atomic E-state index is 13.7. The summed E-state index contributed by atoms with van der Waals surface area (Å²) in [6.07, 6.45) is 2.88. The molecule has 0 aromatic heterocycles. The molecule has 0 unspecified atom stereocenters. The smallest absolute Gasteiger partial charge is 0.153 e. The molecule has 1 aromatic carbocycles. The van der Waals surface area contributed by atoms with Crippen LogP contribution in [-0.4, -0.2) is 12.3 Å². The van der Waals surface area contributed by atoms with Gasteiger partial charge in [-0.3, -0.25) is 4.99 Å². The van der Waals surface area contributed by atoms with E-state index in [-0.39, 0.29) is 11.7 Å². The molecule has 4 N–H and O–H groups in total. The summed E-state index contributed by atoms with van der Waals surface area (Å²) in [5, 5.41) is 0. The topological polar surface area (TPSA) is 64.4 Å². The van der Waals surface area contributed by atoms with E-state index in [2.05, 4.69) is 4.99 Å². The number of allylic oxidation sites excluding steroid dienone is 1. The Bertz CT molecular complexity index is 422. The number of nitrogen functional groups attached to an aromatic ring is 1. The van der Waals surface area contributed by atoms with E-state index in [1.165, 1.54) is 12.3 Å². The number of hydrogen-bond acceptors (Lipinski definition) is 3. The lowest BCUT2D eigenvalue weighted by Gasteiger charge is -2.05. The van der Waals surface area contributed by atoms with E-state index in [4.69, 9.17) is 11.5 Å². The van der Waals surface area contributed by atoms with Crippen molar-refractivity contribution >= 4 is 17.5 Å². The number of halogens is 1. The van der Waals surface area contributed by atoms with Gasteiger partial charge in [0.1, 0.15) is 0 Å². The highest BCUT2D eigenvalue weighted by atomic mass is 19.1. The third kappa shape index (κ3) is 2.82.